The first-order valence-corrected chi connectivity index (χ1v) is 11.2. The number of hydrogen-bond donors (Lipinski definition) is 0. The molecule has 0 fully saturated rings. The van der Waals surface area contributed by atoms with Gasteiger partial charge in [0.1, 0.15) is 10.1 Å². The molecule has 0 aromatic rings. The van der Waals surface area contributed by atoms with E-state index in [1.807, 2.05) is 0 Å². The topological polar surface area (TPSA) is 110 Å². The first kappa shape index (κ1) is 29.8. The van der Waals surface area contributed by atoms with Crippen molar-refractivity contribution in [2.45, 2.75) is 89.7 Å². The van der Waals surface area contributed by atoms with E-state index in [-0.39, 0.29) is 36.2 Å². The number of carbonyl (C=O) groups excluding carboxylic acids is 2. The molecule has 0 saturated carbocycles. The number of unbranched alkanes of at least 4 members (excludes halogenated alkanes) is 9. The first-order chi connectivity index (χ1) is 12.8. The van der Waals surface area contributed by atoms with Gasteiger partial charge in [-0.3, -0.25) is 9.59 Å². The van der Waals surface area contributed by atoms with E-state index < -0.39 is 33.7 Å². The summed E-state index contributed by atoms with van der Waals surface area (Å²) in [6.45, 7) is 3.89. The second-order valence-electron chi connectivity index (χ2n) is 6.49. The van der Waals surface area contributed by atoms with E-state index in [9.17, 15) is 22.6 Å². The monoisotopic (exact) mass is 428 g/mol. The molecule has 0 bridgehead atoms. The fourth-order valence-corrected chi connectivity index (χ4v) is 3.13. The summed E-state index contributed by atoms with van der Waals surface area (Å²) in [5, 5.41) is -2.09. The van der Waals surface area contributed by atoms with Crippen molar-refractivity contribution in [2.75, 3.05) is 6.61 Å². The van der Waals surface area contributed by atoms with Crippen LogP contribution in [0.5, 0.6) is 0 Å². The molecular weight excluding hydrogens is 395 g/mol. The summed E-state index contributed by atoms with van der Waals surface area (Å²) in [6, 6.07) is 0. The van der Waals surface area contributed by atoms with Gasteiger partial charge in [0, 0.05) is 0 Å². The van der Waals surface area contributed by atoms with Gasteiger partial charge in [-0.25, -0.2) is 8.42 Å². The number of hydrogen-bond acceptors (Lipinski definition) is 7. The Morgan fingerprint density at radius 2 is 1.46 bits per heavy atom. The third-order valence-corrected chi connectivity index (χ3v) is 5.10. The number of esters is 2. The van der Waals surface area contributed by atoms with E-state index in [4.69, 9.17) is 4.74 Å². The molecule has 0 spiro atoms. The Hall–Kier alpha value is -0.410. The zero-order valence-corrected chi connectivity index (χ0v) is 20.3. The molecule has 0 rings (SSSR count). The molecule has 0 N–H and O–H groups in total. The molecule has 1 atom stereocenters. The van der Waals surface area contributed by atoms with Crippen LogP contribution in [0.15, 0.2) is 12.3 Å². The van der Waals surface area contributed by atoms with Crippen LogP contribution in [-0.4, -0.2) is 36.8 Å². The van der Waals surface area contributed by atoms with Crippen LogP contribution in [0.1, 0.15) is 84.5 Å². The Balaban J connectivity index is 0. The summed E-state index contributed by atoms with van der Waals surface area (Å²) in [5.74, 6) is -2.17. The minimum atomic E-state index is -5.00. The third-order valence-electron chi connectivity index (χ3n) is 4.04. The summed E-state index contributed by atoms with van der Waals surface area (Å²) in [4.78, 5) is 23.3. The Labute approximate surface area is 191 Å². The van der Waals surface area contributed by atoms with Gasteiger partial charge in [0.25, 0.3) is 0 Å². The summed E-state index contributed by atoms with van der Waals surface area (Å²) >= 11 is 0. The molecule has 7 nitrogen and oxygen atoms in total. The molecule has 9 heteroatoms. The van der Waals surface area contributed by atoms with E-state index in [1.165, 1.54) is 44.6 Å². The summed E-state index contributed by atoms with van der Waals surface area (Å²) in [6.07, 6.45) is 12.8. The second-order valence-corrected chi connectivity index (χ2v) is 8.05. The minimum absolute atomic E-state index is 0. The van der Waals surface area contributed by atoms with Gasteiger partial charge >= 0.3 is 41.5 Å². The van der Waals surface area contributed by atoms with Crippen LogP contribution in [0.3, 0.4) is 0 Å². The van der Waals surface area contributed by atoms with E-state index in [0.717, 1.165) is 25.5 Å². The molecule has 0 aromatic heterocycles. The number of carbonyl (C=O) groups is 2. The van der Waals surface area contributed by atoms with Crippen molar-refractivity contribution in [1.29, 1.82) is 0 Å². The van der Waals surface area contributed by atoms with Gasteiger partial charge in [0.05, 0.1) is 19.3 Å². The third kappa shape index (κ3) is 16.5. The standard InChI is InChI=1S/C19H34O7S.Na/c1-3-5-6-7-8-9-10-11-12-13-15-25-18(20)16-17(27(22,23)24)19(21)26-14-4-2;/h4,14,17H,3,5-13,15-16H2,1-2H3,(H,22,23,24);/q;+1/p-1/b14-4+;. The van der Waals surface area contributed by atoms with Crippen LogP contribution in [0, 0.1) is 0 Å². The average molecular weight is 429 g/mol. The molecule has 0 aliphatic heterocycles. The predicted molar refractivity (Wildman–Crippen MR) is 102 cm³/mol. The number of rotatable bonds is 16. The molecule has 0 heterocycles. The fourth-order valence-electron chi connectivity index (χ4n) is 2.50. The van der Waals surface area contributed by atoms with E-state index >= 15 is 0 Å². The average Bonchev–Trinajstić information content (AvgIpc) is 2.61. The van der Waals surface area contributed by atoms with Gasteiger partial charge in [-0.2, -0.15) is 0 Å². The maximum atomic E-state index is 11.7. The van der Waals surface area contributed by atoms with Crippen LogP contribution >= 0.6 is 0 Å². The van der Waals surface area contributed by atoms with Gasteiger partial charge < -0.3 is 14.0 Å². The smallest absolute Gasteiger partial charge is 0.747 e. The van der Waals surface area contributed by atoms with Crippen molar-refractivity contribution in [3.8, 4) is 0 Å². The van der Waals surface area contributed by atoms with Crippen molar-refractivity contribution in [1.82, 2.24) is 0 Å². The largest absolute Gasteiger partial charge is 1.00 e. The summed E-state index contributed by atoms with van der Waals surface area (Å²) in [7, 11) is -5.00. The Morgan fingerprint density at radius 1 is 0.964 bits per heavy atom. The molecule has 28 heavy (non-hydrogen) atoms. The van der Waals surface area contributed by atoms with Gasteiger partial charge in [0.15, 0.2) is 5.25 Å². The maximum absolute atomic E-state index is 11.7. The summed E-state index contributed by atoms with van der Waals surface area (Å²) < 4.78 is 42.8. The van der Waals surface area contributed by atoms with Crippen LogP contribution in [0.2, 0.25) is 0 Å². The van der Waals surface area contributed by atoms with Gasteiger partial charge in [0.2, 0.25) is 0 Å². The number of ether oxygens (including phenoxy) is 2. The summed E-state index contributed by atoms with van der Waals surface area (Å²) in [5.41, 5.74) is 0. The van der Waals surface area contributed by atoms with Crippen molar-refractivity contribution < 1.29 is 61.6 Å². The van der Waals surface area contributed by atoms with Crippen molar-refractivity contribution in [3.05, 3.63) is 12.3 Å². The molecule has 0 saturated heterocycles. The molecule has 1 unspecified atom stereocenters. The van der Waals surface area contributed by atoms with Crippen LogP contribution in [0.4, 0.5) is 0 Å². The molecular formula is C19H33NaO7S. The molecule has 0 aromatic carbocycles. The first-order valence-electron chi connectivity index (χ1n) is 9.74. The van der Waals surface area contributed by atoms with E-state index in [2.05, 4.69) is 11.7 Å². The maximum Gasteiger partial charge on any atom is 1.00 e. The van der Waals surface area contributed by atoms with Crippen LogP contribution in [0.25, 0.3) is 0 Å². The van der Waals surface area contributed by atoms with Crippen LogP contribution in [-0.2, 0) is 29.2 Å². The number of allylic oxidation sites excluding steroid dienone is 1. The van der Waals surface area contributed by atoms with Crippen molar-refractivity contribution in [2.24, 2.45) is 0 Å². The van der Waals surface area contributed by atoms with Crippen molar-refractivity contribution >= 4 is 22.1 Å². The molecule has 158 valence electrons. The Kier molecular flexibility index (Phi) is 19.8. The zero-order valence-electron chi connectivity index (χ0n) is 17.5. The van der Waals surface area contributed by atoms with E-state index in [0.29, 0.717) is 6.42 Å². The second kappa shape index (κ2) is 18.6. The molecule has 0 amide bonds. The zero-order chi connectivity index (χ0) is 20.5. The fraction of sp³-hybridized carbons (Fsp3) is 0.789. The van der Waals surface area contributed by atoms with Crippen molar-refractivity contribution in [3.63, 3.8) is 0 Å². The predicted octanol–water partition coefficient (Wildman–Crippen LogP) is 0.835. The minimum Gasteiger partial charge on any atom is -0.747 e. The van der Waals surface area contributed by atoms with Gasteiger partial charge in [-0.05, 0) is 13.3 Å². The SMILES string of the molecule is C/C=C/OC(=O)C(CC(=O)OCCCCCCCCCCCC)S(=O)(=O)[O-].[Na+]. The Bertz CT molecular complexity index is 546. The normalized spacial score (nSPS) is 12.4. The van der Waals surface area contributed by atoms with E-state index in [1.54, 1.807) is 6.92 Å². The van der Waals surface area contributed by atoms with Gasteiger partial charge in [-0.15, -0.1) is 0 Å². The molecule has 0 aliphatic rings. The Morgan fingerprint density at radius 3 is 1.93 bits per heavy atom. The van der Waals surface area contributed by atoms with Gasteiger partial charge in [-0.1, -0.05) is 70.8 Å². The quantitative estimate of drug-likeness (QED) is 0.118. The van der Waals surface area contributed by atoms with Crippen LogP contribution < -0.4 is 29.6 Å². The molecule has 0 radical (unpaired) electrons. The molecule has 0 aliphatic carbocycles.